The van der Waals surface area contributed by atoms with Gasteiger partial charge in [-0.05, 0) is 6.07 Å². The fourth-order valence-electron chi connectivity index (χ4n) is 1.56. The first-order valence-corrected chi connectivity index (χ1v) is 4.56. The Morgan fingerprint density at radius 3 is 2.76 bits per heavy atom. The summed E-state index contributed by atoms with van der Waals surface area (Å²) in [6.45, 7) is 0. The van der Waals surface area contributed by atoms with Gasteiger partial charge in [0.25, 0.3) is 5.69 Å². The summed E-state index contributed by atoms with van der Waals surface area (Å²) in [6.07, 6.45) is 1.31. The summed E-state index contributed by atoms with van der Waals surface area (Å²) < 4.78 is 0. The average molecular weight is 233 g/mol. The molecule has 0 fully saturated rings. The van der Waals surface area contributed by atoms with Crippen molar-refractivity contribution in [3.63, 3.8) is 0 Å². The molecule has 0 atom stereocenters. The Bertz CT molecular complexity index is 639. The van der Waals surface area contributed by atoms with Crippen LogP contribution in [0.15, 0.2) is 24.4 Å². The van der Waals surface area contributed by atoms with E-state index < -0.39 is 10.9 Å². The van der Waals surface area contributed by atoms with Crippen LogP contribution in [0.5, 0.6) is 0 Å². The topological polar surface area (TPSA) is 119 Å². The van der Waals surface area contributed by atoms with Crippen molar-refractivity contribution in [2.75, 3.05) is 5.73 Å². The number of nitrogens with two attached hydrogens (primary N) is 1. The van der Waals surface area contributed by atoms with Gasteiger partial charge in [-0.2, -0.15) is 0 Å². The van der Waals surface area contributed by atoms with Gasteiger partial charge < -0.3 is 10.8 Å². The van der Waals surface area contributed by atoms with E-state index in [0.717, 1.165) is 0 Å². The Balaban J connectivity index is 2.79. The molecule has 0 aliphatic rings. The Morgan fingerprint density at radius 2 is 2.18 bits per heavy atom. The number of nitrogen functional groups attached to an aromatic ring is 1. The van der Waals surface area contributed by atoms with Gasteiger partial charge in [-0.25, -0.2) is 9.78 Å². The van der Waals surface area contributed by atoms with Crippen LogP contribution in [0.1, 0.15) is 10.4 Å². The number of nitro benzene ring substituents is 1. The van der Waals surface area contributed by atoms with E-state index in [-0.39, 0.29) is 17.1 Å². The Hall–Kier alpha value is -2.70. The third kappa shape index (κ3) is 1.73. The smallest absolute Gasteiger partial charge is 0.340 e. The molecule has 0 aliphatic carbocycles. The molecule has 1 aromatic heterocycles. The third-order valence-electron chi connectivity index (χ3n) is 2.33. The van der Waals surface area contributed by atoms with Crippen LogP contribution < -0.4 is 5.73 Å². The Morgan fingerprint density at radius 1 is 1.47 bits per heavy atom. The molecule has 2 rings (SSSR count). The van der Waals surface area contributed by atoms with E-state index in [9.17, 15) is 14.9 Å². The summed E-state index contributed by atoms with van der Waals surface area (Å²) in [7, 11) is 0. The van der Waals surface area contributed by atoms with Gasteiger partial charge in [0.2, 0.25) is 0 Å². The van der Waals surface area contributed by atoms with Crippen molar-refractivity contribution in [2.24, 2.45) is 0 Å². The predicted molar refractivity (Wildman–Crippen MR) is 59.8 cm³/mol. The second-order valence-corrected chi connectivity index (χ2v) is 3.35. The van der Waals surface area contributed by atoms with Crippen molar-refractivity contribution in [3.05, 3.63) is 40.1 Å². The zero-order valence-corrected chi connectivity index (χ0v) is 8.45. The molecule has 0 amide bonds. The van der Waals surface area contributed by atoms with Crippen molar-refractivity contribution >= 4 is 28.2 Å². The van der Waals surface area contributed by atoms with Gasteiger partial charge >= 0.3 is 5.97 Å². The van der Waals surface area contributed by atoms with Crippen LogP contribution in [0.4, 0.5) is 11.5 Å². The van der Waals surface area contributed by atoms with Crippen molar-refractivity contribution < 1.29 is 14.8 Å². The number of hydrogen-bond donors (Lipinski definition) is 2. The number of non-ortho nitro benzene ring substituents is 1. The van der Waals surface area contributed by atoms with Gasteiger partial charge in [-0.15, -0.1) is 0 Å². The van der Waals surface area contributed by atoms with Gasteiger partial charge in [0.05, 0.1) is 4.92 Å². The van der Waals surface area contributed by atoms with Crippen molar-refractivity contribution in [1.82, 2.24) is 4.98 Å². The SMILES string of the molecule is Nc1ncc2cc([N+](=O)[O-])ccc2c1C(=O)O. The van der Waals surface area contributed by atoms with Crippen LogP contribution in [-0.4, -0.2) is 21.0 Å². The highest BCUT2D eigenvalue weighted by Gasteiger charge is 2.16. The first-order valence-electron chi connectivity index (χ1n) is 4.56. The summed E-state index contributed by atoms with van der Waals surface area (Å²) >= 11 is 0. The average Bonchev–Trinajstić information content (AvgIpc) is 2.27. The lowest BCUT2D eigenvalue weighted by Crippen LogP contribution is -2.05. The highest BCUT2D eigenvalue weighted by molar-refractivity contribution is 6.07. The zero-order valence-electron chi connectivity index (χ0n) is 8.45. The summed E-state index contributed by atoms with van der Waals surface area (Å²) in [5, 5.41) is 20.3. The minimum absolute atomic E-state index is 0.112. The molecule has 3 N–H and O–H groups in total. The van der Waals surface area contributed by atoms with E-state index in [1.165, 1.54) is 24.4 Å². The van der Waals surface area contributed by atoms with Gasteiger partial charge in [0.1, 0.15) is 11.4 Å². The number of carboxylic acid groups (broad SMARTS) is 1. The molecule has 2 aromatic rings. The molecule has 1 heterocycles. The largest absolute Gasteiger partial charge is 0.478 e. The predicted octanol–water partition coefficient (Wildman–Crippen LogP) is 1.42. The second-order valence-electron chi connectivity index (χ2n) is 3.35. The maximum atomic E-state index is 11.0. The highest BCUT2D eigenvalue weighted by atomic mass is 16.6. The third-order valence-corrected chi connectivity index (χ3v) is 2.33. The fourth-order valence-corrected chi connectivity index (χ4v) is 1.56. The molecule has 7 heteroatoms. The molecule has 7 nitrogen and oxygen atoms in total. The lowest BCUT2D eigenvalue weighted by Gasteiger charge is -2.04. The van der Waals surface area contributed by atoms with E-state index in [0.29, 0.717) is 10.8 Å². The molecule has 0 unspecified atom stereocenters. The Labute approximate surface area is 94.6 Å². The number of carboxylic acids is 1. The molecule has 0 bridgehead atoms. The molecule has 0 aliphatic heterocycles. The number of hydrogen-bond acceptors (Lipinski definition) is 5. The van der Waals surface area contributed by atoms with Crippen molar-refractivity contribution in [2.45, 2.75) is 0 Å². The van der Waals surface area contributed by atoms with Crippen molar-refractivity contribution in [1.29, 1.82) is 0 Å². The van der Waals surface area contributed by atoms with Gasteiger partial charge in [0, 0.05) is 29.1 Å². The number of aromatic carboxylic acids is 1. The molecule has 0 saturated heterocycles. The number of rotatable bonds is 2. The zero-order chi connectivity index (χ0) is 12.6. The summed E-state index contributed by atoms with van der Waals surface area (Å²) in [5.74, 6) is -1.33. The van der Waals surface area contributed by atoms with Crippen LogP contribution in [0.3, 0.4) is 0 Å². The lowest BCUT2D eigenvalue weighted by molar-refractivity contribution is -0.384. The number of carbonyl (C=O) groups is 1. The van der Waals surface area contributed by atoms with E-state index in [1.807, 2.05) is 0 Å². The number of benzene rings is 1. The van der Waals surface area contributed by atoms with Gasteiger partial charge in [-0.1, -0.05) is 0 Å². The molecular formula is C10H7N3O4. The van der Waals surface area contributed by atoms with E-state index in [4.69, 9.17) is 10.8 Å². The van der Waals surface area contributed by atoms with Gasteiger partial charge in [0.15, 0.2) is 0 Å². The number of anilines is 1. The molecule has 0 spiro atoms. The number of aromatic nitrogens is 1. The van der Waals surface area contributed by atoms with Crippen LogP contribution in [0.25, 0.3) is 10.8 Å². The van der Waals surface area contributed by atoms with Crippen LogP contribution in [0.2, 0.25) is 0 Å². The molecule has 86 valence electrons. The van der Waals surface area contributed by atoms with Crippen LogP contribution >= 0.6 is 0 Å². The molecule has 0 radical (unpaired) electrons. The normalized spacial score (nSPS) is 10.4. The summed E-state index contributed by atoms with van der Waals surface area (Å²) in [4.78, 5) is 24.7. The van der Waals surface area contributed by atoms with E-state index >= 15 is 0 Å². The maximum Gasteiger partial charge on any atom is 0.340 e. The van der Waals surface area contributed by atoms with Crippen molar-refractivity contribution in [3.8, 4) is 0 Å². The number of nitro groups is 1. The van der Waals surface area contributed by atoms with Crippen LogP contribution in [0, 0.1) is 10.1 Å². The number of pyridine rings is 1. The number of nitrogens with zero attached hydrogens (tertiary/aromatic N) is 2. The van der Waals surface area contributed by atoms with Crippen LogP contribution in [-0.2, 0) is 0 Å². The lowest BCUT2D eigenvalue weighted by atomic mass is 10.1. The summed E-state index contributed by atoms with van der Waals surface area (Å²) in [5.41, 5.74) is 5.19. The fraction of sp³-hybridized carbons (Fsp3) is 0. The highest BCUT2D eigenvalue weighted by Crippen LogP contribution is 2.25. The first kappa shape index (κ1) is 10.8. The molecule has 17 heavy (non-hydrogen) atoms. The Kier molecular flexibility index (Phi) is 2.36. The molecule has 0 saturated carbocycles. The minimum atomic E-state index is -1.21. The second kappa shape index (κ2) is 3.71. The maximum absolute atomic E-state index is 11.0. The molecular weight excluding hydrogens is 226 g/mol. The monoisotopic (exact) mass is 233 g/mol. The summed E-state index contributed by atoms with van der Waals surface area (Å²) in [6, 6.07) is 3.84. The number of fused-ring (bicyclic) bond motifs is 1. The first-order chi connectivity index (χ1) is 8.00. The van der Waals surface area contributed by atoms with Gasteiger partial charge in [-0.3, -0.25) is 10.1 Å². The molecule has 1 aromatic carbocycles. The van der Waals surface area contributed by atoms with E-state index in [1.54, 1.807) is 0 Å². The minimum Gasteiger partial charge on any atom is -0.478 e. The standard InChI is InChI=1S/C10H7N3O4/c11-9-8(10(14)15)7-2-1-6(13(16)17)3-5(7)4-12-9/h1-4H,(H2,11,12)(H,14,15). The van der Waals surface area contributed by atoms with E-state index in [2.05, 4.69) is 4.98 Å². The quantitative estimate of drug-likeness (QED) is 0.597.